The minimum absolute atomic E-state index is 0.0363. The van der Waals surface area contributed by atoms with Crippen LogP contribution < -0.4 is 5.69 Å². The maximum atomic E-state index is 12.0. The summed E-state index contributed by atoms with van der Waals surface area (Å²) in [5.74, 6) is 0.183. The average molecular weight is 244 g/mol. The van der Waals surface area contributed by atoms with Gasteiger partial charge >= 0.3 is 5.69 Å². The van der Waals surface area contributed by atoms with E-state index in [4.69, 9.17) is 0 Å². The van der Waals surface area contributed by atoms with E-state index in [0.717, 1.165) is 43.0 Å². The zero-order valence-electron chi connectivity index (χ0n) is 10.1. The molecule has 1 heterocycles. The Kier molecular flexibility index (Phi) is 2.78. The van der Waals surface area contributed by atoms with Crippen molar-refractivity contribution < 1.29 is 4.79 Å². The van der Waals surface area contributed by atoms with Gasteiger partial charge in [0.1, 0.15) is 6.29 Å². The molecular weight excluding hydrogens is 228 g/mol. The molecule has 4 nitrogen and oxygen atoms in total. The number of para-hydroxylation sites is 2. The average Bonchev–Trinajstić information content (AvgIpc) is 2.75. The summed E-state index contributed by atoms with van der Waals surface area (Å²) in [4.78, 5) is 25.7. The van der Waals surface area contributed by atoms with Gasteiger partial charge in [0.2, 0.25) is 0 Å². The Labute approximate surface area is 105 Å². The summed E-state index contributed by atoms with van der Waals surface area (Å²) in [6.07, 6.45) is 4.64. The molecule has 2 aromatic rings. The second-order valence-electron chi connectivity index (χ2n) is 5.02. The van der Waals surface area contributed by atoms with Crippen LogP contribution in [0.4, 0.5) is 0 Å². The maximum absolute atomic E-state index is 12.0. The third kappa shape index (κ3) is 1.78. The molecule has 1 aliphatic carbocycles. The van der Waals surface area contributed by atoms with Crippen molar-refractivity contribution in [2.24, 2.45) is 5.92 Å². The van der Waals surface area contributed by atoms with E-state index in [0.29, 0.717) is 0 Å². The summed E-state index contributed by atoms with van der Waals surface area (Å²) in [5.41, 5.74) is 1.82. The molecule has 4 heteroatoms. The molecule has 0 saturated heterocycles. The number of H-pyrrole nitrogens is 1. The van der Waals surface area contributed by atoms with Gasteiger partial charge in [0, 0.05) is 12.0 Å². The highest BCUT2D eigenvalue weighted by molar-refractivity contribution is 5.75. The van der Waals surface area contributed by atoms with E-state index < -0.39 is 0 Å². The van der Waals surface area contributed by atoms with Crippen LogP contribution in [0.5, 0.6) is 0 Å². The van der Waals surface area contributed by atoms with E-state index in [2.05, 4.69) is 4.98 Å². The van der Waals surface area contributed by atoms with Crippen LogP contribution in [0.2, 0.25) is 0 Å². The fourth-order valence-corrected chi connectivity index (χ4v) is 2.93. The topological polar surface area (TPSA) is 54.9 Å². The Bertz CT molecular complexity index is 618. The first-order valence-electron chi connectivity index (χ1n) is 6.44. The number of aromatic nitrogens is 2. The first-order valence-corrected chi connectivity index (χ1v) is 6.44. The number of hydrogen-bond acceptors (Lipinski definition) is 2. The molecule has 1 N–H and O–H groups in total. The number of hydrogen-bond donors (Lipinski definition) is 1. The van der Waals surface area contributed by atoms with Gasteiger partial charge in [0.25, 0.3) is 0 Å². The number of rotatable bonds is 2. The molecule has 0 radical (unpaired) electrons. The van der Waals surface area contributed by atoms with Crippen LogP contribution in [-0.4, -0.2) is 15.8 Å². The third-order valence-corrected chi connectivity index (χ3v) is 3.92. The molecule has 0 bridgehead atoms. The summed E-state index contributed by atoms with van der Waals surface area (Å²) < 4.78 is 1.86. The monoisotopic (exact) mass is 244 g/mol. The molecular formula is C14H16N2O2. The number of nitrogens with zero attached hydrogens (tertiary/aromatic N) is 1. The molecule has 18 heavy (non-hydrogen) atoms. The number of carbonyl (C=O) groups excluding carboxylic acids is 1. The number of carbonyl (C=O) groups is 1. The van der Waals surface area contributed by atoms with Gasteiger partial charge in [0.05, 0.1) is 11.0 Å². The largest absolute Gasteiger partial charge is 0.326 e. The molecule has 1 aromatic carbocycles. The third-order valence-electron chi connectivity index (χ3n) is 3.92. The Morgan fingerprint density at radius 3 is 2.61 bits per heavy atom. The lowest BCUT2D eigenvalue weighted by molar-refractivity contribution is -0.112. The molecule has 0 unspecified atom stereocenters. The van der Waals surface area contributed by atoms with Crippen molar-refractivity contribution in [1.29, 1.82) is 0 Å². The number of aldehydes is 1. The Morgan fingerprint density at radius 2 is 1.89 bits per heavy atom. The van der Waals surface area contributed by atoms with E-state index >= 15 is 0 Å². The van der Waals surface area contributed by atoms with Crippen molar-refractivity contribution in [2.75, 3.05) is 0 Å². The van der Waals surface area contributed by atoms with Crippen LogP contribution in [0.3, 0.4) is 0 Å². The standard InChI is InChI=1S/C14H16N2O2/c17-9-10-5-7-11(8-6-10)16-13-4-2-1-3-12(13)15-14(16)18/h1-4,9-11H,5-8H2,(H,15,18)/t10-,11-. The molecule has 0 atom stereocenters. The predicted molar refractivity (Wildman–Crippen MR) is 69.6 cm³/mol. The van der Waals surface area contributed by atoms with Crippen LogP contribution in [0, 0.1) is 5.92 Å². The van der Waals surface area contributed by atoms with E-state index in [9.17, 15) is 9.59 Å². The Hall–Kier alpha value is -1.84. The van der Waals surface area contributed by atoms with E-state index in [1.54, 1.807) is 0 Å². The minimum atomic E-state index is -0.0363. The second-order valence-corrected chi connectivity index (χ2v) is 5.02. The normalized spacial score (nSPS) is 24.2. The van der Waals surface area contributed by atoms with Gasteiger partial charge < -0.3 is 9.78 Å². The molecule has 0 spiro atoms. The lowest BCUT2D eigenvalue weighted by Gasteiger charge is -2.26. The quantitative estimate of drug-likeness (QED) is 0.824. The molecule has 0 amide bonds. The number of aromatic amines is 1. The number of imidazole rings is 1. The molecule has 1 aliphatic rings. The lowest BCUT2D eigenvalue weighted by Crippen LogP contribution is -2.26. The highest BCUT2D eigenvalue weighted by atomic mass is 16.1. The smallest absolute Gasteiger partial charge is 0.306 e. The van der Waals surface area contributed by atoms with Gasteiger partial charge in [0.15, 0.2) is 0 Å². The summed E-state index contributed by atoms with van der Waals surface area (Å²) in [6, 6.07) is 7.99. The van der Waals surface area contributed by atoms with Gasteiger partial charge in [-0.1, -0.05) is 12.1 Å². The lowest BCUT2D eigenvalue weighted by atomic mass is 9.87. The molecule has 3 rings (SSSR count). The predicted octanol–water partition coefficient (Wildman–Crippen LogP) is 2.26. The number of nitrogens with one attached hydrogen (secondary N) is 1. The Morgan fingerprint density at radius 1 is 1.17 bits per heavy atom. The van der Waals surface area contributed by atoms with Gasteiger partial charge in [-0.25, -0.2) is 4.79 Å². The van der Waals surface area contributed by atoms with Gasteiger partial charge in [-0.2, -0.15) is 0 Å². The molecule has 1 saturated carbocycles. The van der Waals surface area contributed by atoms with Crippen molar-refractivity contribution in [3.8, 4) is 0 Å². The minimum Gasteiger partial charge on any atom is -0.306 e. The zero-order chi connectivity index (χ0) is 12.5. The van der Waals surface area contributed by atoms with Crippen LogP contribution in [0.15, 0.2) is 29.1 Å². The molecule has 1 aromatic heterocycles. The van der Waals surface area contributed by atoms with Gasteiger partial charge in [-0.3, -0.25) is 4.57 Å². The fraction of sp³-hybridized carbons (Fsp3) is 0.429. The first-order chi connectivity index (χ1) is 8.79. The SMILES string of the molecule is O=C[C@H]1CC[C@H](n2c(=O)[nH]c3ccccc32)CC1. The molecule has 1 fully saturated rings. The summed E-state index contributed by atoms with van der Waals surface area (Å²) in [6.45, 7) is 0. The van der Waals surface area contributed by atoms with Crippen LogP contribution in [-0.2, 0) is 4.79 Å². The molecule has 0 aliphatic heterocycles. The van der Waals surface area contributed by atoms with E-state index in [1.807, 2.05) is 28.8 Å². The van der Waals surface area contributed by atoms with Crippen LogP contribution in [0.1, 0.15) is 31.7 Å². The van der Waals surface area contributed by atoms with E-state index in [-0.39, 0.29) is 17.6 Å². The fourth-order valence-electron chi connectivity index (χ4n) is 2.93. The summed E-state index contributed by atoms with van der Waals surface area (Å²) >= 11 is 0. The summed E-state index contributed by atoms with van der Waals surface area (Å²) in [7, 11) is 0. The maximum Gasteiger partial charge on any atom is 0.326 e. The van der Waals surface area contributed by atoms with Gasteiger partial charge in [-0.05, 0) is 37.8 Å². The first kappa shape index (κ1) is 11.3. The second kappa shape index (κ2) is 4.44. The van der Waals surface area contributed by atoms with E-state index in [1.165, 1.54) is 0 Å². The highest BCUT2D eigenvalue weighted by Gasteiger charge is 2.24. The highest BCUT2D eigenvalue weighted by Crippen LogP contribution is 2.31. The van der Waals surface area contributed by atoms with Crippen molar-refractivity contribution in [1.82, 2.24) is 9.55 Å². The zero-order valence-corrected chi connectivity index (χ0v) is 10.1. The van der Waals surface area contributed by atoms with Crippen molar-refractivity contribution in [3.63, 3.8) is 0 Å². The van der Waals surface area contributed by atoms with Crippen LogP contribution >= 0.6 is 0 Å². The Balaban J connectivity index is 1.97. The number of fused-ring (bicyclic) bond motifs is 1. The van der Waals surface area contributed by atoms with Crippen molar-refractivity contribution in [3.05, 3.63) is 34.7 Å². The van der Waals surface area contributed by atoms with Crippen molar-refractivity contribution in [2.45, 2.75) is 31.7 Å². The van der Waals surface area contributed by atoms with Crippen LogP contribution in [0.25, 0.3) is 11.0 Å². The van der Waals surface area contributed by atoms with Crippen molar-refractivity contribution >= 4 is 17.3 Å². The van der Waals surface area contributed by atoms with Gasteiger partial charge in [-0.15, -0.1) is 0 Å². The summed E-state index contributed by atoms with van der Waals surface area (Å²) in [5, 5.41) is 0. The molecule has 94 valence electrons. The number of benzene rings is 1.